The molecule has 0 radical (unpaired) electrons. The summed E-state index contributed by atoms with van der Waals surface area (Å²) in [7, 11) is 0. The summed E-state index contributed by atoms with van der Waals surface area (Å²) < 4.78 is 12.7. The molecule has 1 aromatic heterocycles. The van der Waals surface area contributed by atoms with Crippen molar-refractivity contribution < 1.29 is 14.0 Å². The number of aldehydes is 1. The monoisotopic (exact) mass is 246 g/mol. The number of amides is 1. The van der Waals surface area contributed by atoms with Crippen LogP contribution in [0.3, 0.4) is 0 Å². The van der Waals surface area contributed by atoms with Gasteiger partial charge in [0.05, 0.1) is 0 Å². The van der Waals surface area contributed by atoms with Crippen LogP contribution in [0.1, 0.15) is 26.4 Å². The van der Waals surface area contributed by atoms with Crippen molar-refractivity contribution in [2.24, 2.45) is 0 Å². The Balaban J connectivity index is 1.95. The topological polar surface area (TPSA) is 62.0 Å². The van der Waals surface area contributed by atoms with Gasteiger partial charge in [0.2, 0.25) is 0 Å². The Morgan fingerprint density at radius 3 is 2.67 bits per heavy atom. The van der Waals surface area contributed by atoms with Crippen LogP contribution in [0.2, 0.25) is 0 Å². The number of H-pyrrole nitrogens is 1. The van der Waals surface area contributed by atoms with Gasteiger partial charge in [-0.2, -0.15) is 0 Å². The van der Waals surface area contributed by atoms with E-state index in [9.17, 15) is 14.0 Å². The fourth-order valence-electron chi connectivity index (χ4n) is 1.49. The SMILES string of the molecule is O=Cc1c[nH]c(C(=O)NCc2ccc(F)cc2)c1. The third-order valence-electron chi connectivity index (χ3n) is 2.45. The van der Waals surface area contributed by atoms with Gasteiger partial charge >= 0.3 is 0 Å². The lowest BCUT2D eigenvalue weighted by molar-refractivity contribution is 0.0946. The molecule has 0 spiro atoms. The second-order valence-corrected chi connectivity index (χ2v) is 3.77. The first-order chi connectivity index (χ1) is 8.69. The first-order valence-electron chi connectivity index (χ1n) is 5.35. The van der Waals surface area contributed by atoms with Gasteiger partial charge in [0, 0.05) is 18.3 Å². The van der Waals surface area contributed by atoms with Crippen molar-refractivity contribution in [1.29, 1.82) is 0 Å². The van der Waals surface area contributed by atoms with Gasteiger partial charge in [-0.1, -0.05) is 12.1 Å². The lowest BCUT2D eigenvalue weighted by Gasteiger charge is -2.03. The number of carbonyl (C=O) groups is 2. The maximum atomic E-state index is 12.7. The van der Waals surface area contributed by atoms with Crippen molar-refractivity contribution in [3.63, 3.8) is 0 Å². The highest BCUT2D eigenvalue weighted by Crippen LogP contribution is 2.04. The molecule has 2 N–H and O–H groups in total. The van der Waals surface area contributed by atoms with Crippen molar-refractivity contribution >= 4 is 12.2 Å². The lowest BCUT2D eigenvalue weighted by Crippen LogP contribution is -2.23. The maximum Gasteiger partial charge on any atom is 0.267 e. The molecular weight excluding hydrogens is 235 g/mol. The van der Waals surface area contributed by atoms with Crippen LogP contribution >= 0.6 is 0 Å². The van der Waals surface area contributed by atoms with E-state index in [4.69, 9.17) is 0 Å². The van der Waals surface area contributed by atoms with Gasteiger partial charge < -0.3 is 10.3 Å². The van der Waals surface area contributed by atoms with E-state index in [0.717, 1.165) is 5.56 Å². The minimum Gasteiger partial charge on any atom is -0.357 e. The predicted molar refractivity (Wildman–Crippen MR) is 63.8 cm³/mol. The summed E-state index contributed by atoms with van der Waals surface area (Å²) in [6, 6.07) is 7.33. The summed E-state index contributed by atoms with van der Waals surface area (Å²) >= 11 is 0. The molecule has 1 heterocycles. The largest absolute Gasteiger partial charge is 0.357 e. The fourth-order valence-corrected chi connectivity index (χ4v) is 1.49. The van der Waals surface area contributed by atoms with Crippen LogP contribution in [0, 0.1) is 5.82 Å². The Morgan fingerprint density at radius 2 is 2.06 bits per heavy atom. The average molecular weight is 246 g/mol. The smallest absolute Gasteiger partial charge is 0.267 e. The van der Waals surface area contributed by atoms with E-state index in [1.807, 2.05) is 0 Å². The van der Waals surface area contributed by atoms with Gasteiger partial charge in [-0.05, 0) is 23.8 Å². The highest BCUT2D eigenvalue weighted by Gasteiger charge is 2.07. The third-order valence-corrected chi connectivity index (χ3v) is 2.45. The zero-order valence-corrected chi connectivity index (χ0v) is 9.44. The third kappa shape index (κ3) is 2.82. The van der Waals surface area contributed by atoms with E-state index in [2.05, 4.69) is 10.3 Å². The maximum absolute atomic E-state index is 12.7. The number of aromatic nitrogens is 1. The van der Waals surface area contributed by atoms with Gasteiger partial charge in [0.1, 0.15) is 11.5 Å². The molecule has 0 bridgehead atoms. The lowest BCUT2D eigenvalue weighted by atomic mass is 10.2. The van der Waals surface area contributed by atoms with E-state index in [1.165, 1.54) is 24.4 Å². The number of hydrogen-bond acceptors (Lipinski definition) is 2. The van der Waals surface area contributed by atoms with Crippen LogP contribution in [-0.4, -0.2) is 17.2 Å². The number of hydrogen-bond donors (Lipinski definition) is 2. The van der Waals surface area contributed by atoms with Gasteiger partial charge in [-0.25, -0.2) is 4.39 Å². The van der Waals surface area contributed by atoms with E-state index >= 15 is 0 Å². The molecule has 18 heavy (non-hydrogen) atoms. The number of nitrogens with one attached hydrogen (secondary N) is 2. The molecule has 0 saturated carbocycles. The van der Waals surface area contributed by atoms with Crippen LogP contribution < -0.4 is 5.32 Å². The molecule has 92 valence electrons. The van der Waals surface area contributed by atoms with Gasteiger partial charge in [-0.3, -0.25) is 9.59 Å². The van der Waals surface area contributed by atoms with Crippen LogP contribution in [0.25, 0.3) is 0 Å². The minimum atomic E-state index is -0.315. The second-order valence-electron chi connectivity index (χ2n) is 3.77. The first kappa shape index (κ1) is 12.0. The summed E-state index contributed by atoms with van der Waals surface area (Å²) in [6.45, 7) is 0.300. The summed E-state index contributed by atoms with van der Waals surface area (Å²) in [6.07, 6.45) is 2.12. The molecule has 0 saturated heterocycles. The molecule has 0 aliphatic rings. The van der Waals surface area contributed by atoms with Crippen LogP contribution in [0.5, 0.6) is 0 Å². The standard InChI is InChI=1S/C13H11FN2O2/c14-11-3-1-9(2-4-11)6-16-13(18)12-5-10(8-17)7-15-12/h1-5,7-8,15H,6H2,(H,16,18). The quantitative estimate of drug-likeness (QED) is 0.809. The molecule has 0 aliphatic heterocycles. The highest BCUT2D eigenvalue weighted by molar-refractivity contribution is 5.94. The summed E-state index contributed by atoms with van der Waals surface area (Å²) in [4.78, 5) is 24.8. The van der Waals surface area contributed by atoms with E-state index < -0.39 is 0 Å². The molecule has 2 aromatic rings. The minimum absolute atomic E-state index is 0.300. The molecule has 1 aromatic carbocycles. The van der Waals surface area contributed by atoms with Crippen molar-refractivity contribution in [3.05, 3.63) is 59.2 Å². The predicted octanol–water partition coefficient (Wildman–Crippen LogP) is 1.90. The second kappa shape index (κ2) is 5.27. The number of benzene rings is 1. The highest BCUT2D eigenvalue weighted by atomic mass is 19.1. The van der Waals surface area contributed by atoms with Crippen molar-refractivity contribution in [2.75, 3.05) is 0 Å². The zero-order valence-electron chi connectivity index (χ0n) is 9.44. The Hall–Kier alpha value is -2.43. The van der Waals surface area contributed by atoms with Crippen LogP contribution in [0.4, 0.5) is 4.39 Å². The first-order valence-corrected chi connectivity index (χ1v) is 5.35. The van der Waals surface area contributed by atoms with Crippen molar-refractivity contribution in [1.82, 2.24) is 10.3 Å². The van der Waals surface area contributed by atoms with E-state index in [0.29, 0.717) is 24.1 Å². The zero-order chi connectivity index (χ0) is 13.0. The Morgan fingerprint density at radius 1 is 1.33 bits per heavy atom. The van der Waals surface area contributed by atoms with Gasteiger partial charge in [-0.15, -0.1) is 0 Å². The summed E-state index contributed by atoms with van der Waals surface area (Å²) in [5, 5.41) is 2.66. The van der Waals surface area contributed by atoms with E-state index in [1.54, 1.807) is 12.1 Å². The molecule has 5 heteroatoms. The molecular formula is C13H11FN2O2. The molecule has 0 fully saturated rings. The molecule has 0 aliphatic carbocycles. The fraction of sp³-hybridized carbons (Fsp3) is 0.0769. The number of carbonyl (C=O) groups excluding carboxylic acids is 2. The Labute approximate surface area is 103 Å². The summed E-state index contributed by atoms with van der Waals surface area (Å²) in [5.41, 5.74) is 1.54. The normalized spacial score (nSPS) is 10.1. The summed E-state index contributed by atoms with van der Waals surface area (Å²) in [5.74, 6) is -0.627. The van der Waals surface area contributed by atoms with Crippen LogP contribution in [-0.2, 0) is 6.54 Å². The Kier molecular flexibility index (Phi) is 3.52. The van der Waals surface area contributed by atoms with Crippen molar-refractivity contribution in [3.8, 4) is 0 Å². The van der Waals surface area contributed by atoms with Gasteiger partial charge in [0.25, 0.3) is 5.91 Å². The number of halogens is 1. The molecule has 0 unspecified atom stereocenters. The molecule has 0 atom stereocenters. The number of aromatic amines is 1. The average Bonchev–Trinajstić information content (AvgIpc) is 2.86. The van der Waals surface area contributed by atoms with Crippen LogP contribution in [0.15, 0.2) is 36.5 Å². The number of rotatable bonds is 4. The van der Waals surface area contributed by atoms with Gasteiger partial charge in [0.15, 0.2) is 6.29 Å². The van der Waals surface area contributed by atoms with E-state index in [-0.39, 0.29) is 11.7 Å². The molecule has 2 rings (SSSR count). The molecule has 4 nitrogen and oxygen atoms in total. The Bertz CT molecular complexity index is 561. The van der Waals surface area contributed by atoms with Crippen molar-refractivity contribution in [2.45, 2.75) is 6.54 Å². The molecule has 1 amide bonds.